The predicted molar refractivity (Wildman–Crippen MR) is 241 cm³/mol. The Morgan fingerprint density at radius 1 is 0.578 bits per heavy atom. The average Bonchev–Trinajstić information content (AvgIpc) is 4.03. The third-order valence-corrected chi connectivity index (χ3v) is 14.2. The molecule has 2 saturated heterocycles. The van der Waals surface area contributed by atoms with Gasteiger partial charge in [-0.05, 0) is 78.8 Å². The van der Waals surface area contributed by atoms with Crippen LogP contribution in [0.2, 0.25) is 10.0 Å². The highest BCUT2D eigenvalue weighted by molar-refractivity contribution is 7.98. The van der Waals surface area contributed by atoms with Gasteiger partial charge in [0.25, 0.3) is 11.8 Å². The molecule has 332 valence electrons. The van der Waals surface area contributed by atoms with Gasteiger partial charge in [-0.2, -0.15) is 0 Å². The van der Waals surface area contributed by atoms with Gasteiger partial charge < -0.3 is 20.0 Å². The summed E-state index contributed by atoms with van der Waals surface area (Å²) in [5.41, 5.74) is 1.87. The summed E-state index contributed by atoms with van der Waals surface area (Å²) in [6.07, 6.45) is 3.62. The van der Waals surface area contributed by atoms with Gasteiger partial charge in [0.05, 0.1) is 20.7 Å². The molecule has 2 fully saturated rings. The molecular weight excluding hydrogens is 912 g/mol. The van der Waals surface area contributed by atoms with Crippen LogP contribution < -0.4 is 0 Å². The molecule has 2 N–H and O–H groups in total. The highest BCUT2D eigenvalue weighted by Gasteiger charge is 2.29. The van der Waals surface area contributed by atoms with Crippen molar-refractivity contribution in [3.63, 3.8) is 0 Å². The first-order valence-electron chi connectivity index (χ1n) is 20.2. The Bertz CT molecular complexity index is 2830. The second-order valence-corrected chi connectivity index (χ2v) is 19.0. The van der Waals surface area contributed by atoms with Crippen molar-refractivity contribution in [2.75, 3.05) is 26.2 Å². The molecule has 8 nitrogen and oxygen atoms in total. The molecule has 16 heteroatoms. The molecule has 64 heavy (non-hydrogen) atoms. The number of thioether (sulfide) groups is 1. The smallest absolute Gasteiger partial charge is 0.253 e. The van der Waals surface area contributed by atoms with E-state index in [0.717, 1.165) is 55.6 Å². The van der Waals surface area contributed by atoms with Gasteiger partial charge in [0.15, 0.2) is 15.6 Å². The van der Waals surface area contributed by atoms with E-state index in [4.69, 9.17) is 23.2 Å². The molecule has 6 aromatic carbocycles. The molecule has 0 radical (unpaired) electrons. The van der Waals surface area contributed by atoms with Crippen molar-refractivity contribution in [3.05, 3.63) is 165 Å². The van der Waals surface area contributed by atoms with Gasteiger partial charge in [-0.1, -0.05) is 83.9 Å². The number of amides is 2. The average molecular weight is 952 g/mol. The molecule has 2 aliphatic heterocycles. The molecule has 8 rings (SSSR count). The number of likely N-dealkylation sites (tertiary alicyclic amines) is 2. The van der Waals surface area contributed by atoms with Gasteiger partial charge in [-0.15, -0.1) is 11.8 Å². The summed E-state index contributed by atoms with van der Waals surface area (Å²) in [6.45, 7) is 2.48. The van der Waals surface area contributed by atoms with Crippen molar-refractivity contribution in [2.24, 2.45) is 0 Å². The molecular formula is C48H40Cl2F4N2O6S2. The lowest BCUT2D eigenvalue weighted by Crippen LogP contribution is -2.27. The summed E-state index contributed by atoms with van der Waals surface area (Å²) in [7, 11) is -4.35. The number of rotatable bonds is 10. The summed E-state index contributed by atoms with van der Waals surface area (Å²) >= 11 is 13.3. The van der Waals surface area contributed by atoms with Gasteiger partial charge in [-0.25, -0.2) is 26.0 Å². The Morgan fingerprint density at radius 2 is 1.02 bits per heavy atom. The van der Waals surface area contributed by atoms with E-state index in [-0.39, 0.29) is 49.7 Å². The zero-order valence-corrected chi connectivity index (χ0v) is 37.1. The molecule has 0 aromatic heterocycles. The lowest BCUT2D eigenvalue weighted by Gasteiger charge is -2.17. The van der Waals surface area contributed by atoms with Crippen molar-refractivity contribution in [2.45, 2.75) is 47.0 Å². The number of carbonyl (C=O) groups is 2. The van der Waals surface area contributed by atoms with Gasteiger partial charge in [0, 0.05) is 71.9 Å². The second-order valence-electron chi connectivity index (χ2n) is 15.2. The van der Waals surface area contributed by atoms with Crippen LogP contribution in [0.3, 0.4) is 0 Å². The maximum atomic E-state index is 14.5. The lowest BCUT2D eigenvalue weighted by molar-refractivity contribution is 0.0785. The van der Waals surface area contributed by atoms with E-state index in [1.807, 2.05) is 6.07 Å². The summed E-state index contributed by atoms with van der Waals surface area (Å²) < 4.78 is 84.0. The normalized spacial score (nSPS) is 13.8. The number of hydrogen-bond acceptors (Lipinski definition) is 7. The highest BCUT2D eigenvalue weighted by atomic mass is 35.5. The summed E-state index contributed by atoms with van der Waals surface area (Å²) in [6, 6.07) is 26.6. The quantitative estimate of drug-likeness (QED) is 0.104. The van der Waals surface area contributed by atoms with Crippen LogP contribution in [0.25, 0.3) is 22.3 Å². The molecule has 0 atom stereocenters. The number of benzene rings is 6. The Balaban J connectivity index is 0.000000192. The molecule has 2 amide bonds. The van der Waals surface area contributed by atoms with E-state index in [1.54, 1.807) is 70.5 Å². The summed E-state index contributed by atoms with van der Waals surface area (Å²) in [5, 5.41) is 20.5. The summed E-state index contributed by atoms with van der Waals surface area (Å²) in [4.78, 5) is 28.6. The van der Waals surface area contributed by atoms with Crippen LogP contribution in [0.15, 0.2) is 119 Å². The molecule has 0 saturated carbocycles. The first-order chi connectivity index (χ1) is 30.6. The minimum atomic E-state index is -4.35. The highest BCUT2D eigenvalue weighted by Crippen LogP contribution is 2.40. The van der Waals surface area contributed by atoms with Crippen LogP contribution >= 0.6 is 35.0 Å². The maximum Gasteiger partial charge on any atom is 0.253 e. The Kier molecular flexibility index (Phi) is 14.6. The van der Waals surface area contributed by atoms with Crippen LogP contribution in [-0.4, -0.2) is 66.4 Å². The number of aromatic hydroxyl groups is 2. The van der Waals surface area contributed by atoms with Gasteiger partial charge in [0.2, 0.25) is 0 Å². The first kappa shape index (κ1) is 46.5. The molecule has 2 aliphatic rings. The van der Waals surface area contributed by atoms with E-state index in [0.29, 0.717) is 59.4 Å². The number of hydrogen-bond donors (Lipinski definition) is 2. The third kappa shape index (κ3) is 10.5. The number of phenols is 2. The van der Waals surface area contributed by atoms with E-state index in [2.05, 4.69) is 0 Å². The monoisotopic (exact) mass is 950 g/mol. The van der Waals surface area contributed by atoms with E-state index >= 15 is 0 Å². The zero-order valence-electron chi connectivity index (χ0n) is 34.0. The fourth-order valence-electron chi connectivity index (χ4n) is 7.47. The van der Waals surface area contributed by atoms with Crippen molar-refractivity contribution in [1.82, 2.24) is 9.80 Å². The van der Waals surface area contributed by atoms with Crippen LogP contribution in [0.1, 0.15) is 57.5 Å². The fraction of sp³-hybridized carbons (Fsp3) is 0.208. The molecule has 0 spiro atoms. The van der Waals surface area contributed by atoms with Crippen LogP contribution in [0, 0.1) is 23.3 Å². The molecule has 0 bridgehead atoms. The standard InChI is InChI=1S/C24H20ClF2NO4S.C24H20ClF2NO2S/c25-19-11-16(24(30)28-8-4-5-9-28)12-22(23(19)29)33(31,32)14-17-10-18(21(27)13-20(17)26)15-6-2-1-3-7-15;25-19-11-16(24(30)28-8-4-5-9-28)12-22(23(19)29)31-14-17-10-18(21(27)13-20(17)26)15-6-2-1-3-7-15/h1-3,6-7,10-13,29H,4-5,8-9,14H2;1-3,6-7,10-13,29H,4-5,8-9,14H2. The van der Waals surface area contributed by atoms with E-state index in [9.17, 15) is 45.8 Å². The fourth-order valence-corrected chi connectivity index (χ4v) is 10.5. The van der Waals surface area contributed by atoms with Crippen molar-refractivity contribution in [1.29, 1.82) is 0 Å². The van der Waals surface area contributed by atoms with E-state index < -0.39 is 55.4 Å². The van der Waals surface area contributed by atoms with Crippen LogP contribution in [0.5, 0.6) is 11.5 Å². The minimum absolute atomic E-state index is 0.0165. The van der Waals surface area contributed by atoms with Crippen molar-refractivity contribution >= 4 is 56.6 Å². The third-order valence-electron chi connectivity index (χ3n) is 10.8. The molecule has 2 heterocycles. The maximum absolute atomic E-state index is 14.5. The number of phenolic OH excluding ortho intramolecular Hbond substituents is 2. The SMILES string of the molecule is O=C(c1cc(Cl)c(O)c(S(=O)(=O)Cc2cc(-c3ccccc3)c(F)cc2F)c1)N1CCCC1.O=C(c1cc(Cl)c(O)c(SCc2cc(-c3ccccc3)c(F)cc2F)c1)N1CCCC1. The van der Waals surface area contributed by atoms with Crippen LogP contribution in [0.4, 0.5) is 17.6 Å². The Morgan fingerprint density at radius 3 is 1.52 bits per heavy atom. The summed E-state index contributed by atoms with van der Waals surface area (Å²) in [5.74, 6) is -5.31. The van der Waals surface area contributed by atoms with E-state index in [1.165, 1.54) is 18.2 Å². The predicted octanol–water partition coefficient (Wildman–Crippen LogP) is 11.7. The molecule has 0 aliphatic carbocycles. The Hall–Kier alpha value is -5.54. The number of sulfone groups is 1. The second kappa shape index (κ2) is 20.1. The number of halogens is 6. The zero-order chi connectivity index (χ0) is 45.7. The molecule has 6 aromatic rings. The molecule has 0 unspecified atom stereocenters. The first-order valence-corrected chi connectivity index (χ1v) is 23.6. The Labute approximate surface area is 382 Å². The minimum Gasteiger partial charge on any atom is -0.505 e. The van der Waals surface area contributed by atoms with Crippen molar-refractivity contribution < 1.29 is 45.8 Å². The van der Waals surface area contributed by atoms with Crippen molar-refractivity contribution in [3.8, 4) is 33.8 Å². The topological polar surface area (TPSA) is 115 Å². The number of carbonyl (C=O) groups excluding carboxylic acids is 2. The van der Waals surface area contributed by atoms with Gasteiger partial charge in [0.1, 0.15) is 33.9 Å². The van der Waals surface area contributed by atoms with Gasteiger partial charge >= 0.3 is 0 Å². The number of nitrogens with zero attached hydrogens (tertiary/aromatic N) is 2. The largest absolute Gasteiger partial charge is 0.505 e. The van der Waals surface area contributed by atoms with Gasteiger partial charge in [-0.3, -0.25) is 9.59 Å². The van der Waals surface area contributed by atoms with Crippen LogP contribution in [-0.2, 0) is 21.3 Å². The lowest BCUT2D eigenvalue weighted by atomic mass is 10.0.